The molecule has 0 radical (unpaired) electrons. The van der Waals surface area contributed by atoms with Gasteiger partial charge in [0.25, 0.3) is 0 Å². The van der Waals surface area contributed by atoms with Gasteiger partial charge in [-0.05, 0) is 12.8 Å². The highest BCUT2D eigenvalue weighted by Gasteiger charge is 2.48. The van der Waals surface area contributed by atoms with Crippen molar-refractivity contribution in [3.8, 4) is 0 Å². The van der Waals surface area contributed by atoms with Crippen LogP contribution in [-0.2, 0) is 19.1 Å². The number of aliphatic hydroxyl groups is 3. The molecule has 1 heterocycles. The van der Waals surface area contributed by atoms with Gasteiger partial charge in [0, 0.05) is 0 Å². The summed E-state index contributed by atoms with van der Waals surface area (Å²) in [4.78, 5) is 23.4. The maximum Gasteiger partial charge on any atom is 0.335 e. The van der Waals surface area contributed by atoms with Crippen molar-refractivity contribution in [1.29, 1.82) is 0 Å². The Labute approximate surface area is 147 Å². The quantitative estimate of drug-likeness (QED) is 0.331. The van der Waals surface area contributed by atoms with Crippen LogP contribution in [0.15, 0.2) is 0 Å². The molecule has 0 aromatic rings. The van der Waals surface area contributed by atoms with Crippen molar-refractivity contribution in [2.75, 3.05) is 0 Å². The van der Waals surface area contributed by atoms with Crippen LogP contribution in [-0.4, -0.2) is 63.1 Å². The van der Waals surface area contributed by atoms with Gasteiger partial charge in [-0.15, -0.1) is 0 Å². The van der Waals surface area contributed by atoms with E-state index >= 15 is 0 Å². The van der Waals surface area contributed by atoms with Crippen molar-refractivity contribution in [1.82, 2.24) is 0 Å². The Balaban J connectivity index is 2.68. The first-order chi connectivity index (χ1) is 11.8. The summed E-state index contributed by atoms with van der Waals surface area (Å²) in [5, 5.41) is 38.3. The van der Waals surface area contributed by atoms with Crippen LogP contribution in [0.1, 0.15) is 58.8 Å². The molecule has 1 aliphatic rings. The Morgan fingerprint density at radius 3 is 2.20 bits per heavy atom. The van der Waals surface area contributed by atoms with Crippen molar-refractivity contribution >= 4 is 11.9 Å². The van der Waals surface area contributed by atoms with Gasteiger partial charge in [-0.2, -0.15) is 0 Å². The highest BCUT2D eigenvalue weighted by atomic mass is 16.7. The number of unbranched alkanes of at least 4 members (excludes halogenated alkanes) is 3. The third kappa shape index (κ3) is 6.22. The van der Waals surface area contributed by atoms with Gasteiger partial charge < -0.3 is 29.9 Å². The van der Waals surface area contributed by atoms with Gasteiger partial charge >= 0.3 is 11.9 Å². The van der Waals surface area contributed by atoms with E-state index in [1.165, 1.54) is 0 Å². The normalized spacial score (nSPS) is 30.7. The van der Waals surface area contributed by atoms with E-state index in [-0.39, 0.29) is 5.92 Å². The number of carboxylic acids is 1. The van der Waals surface area contributed by atoms with E-state index in [1.807, 2.05) is 6.92 Å². The maximum absolute atomic E-state index is 12.4. The zero-order valence-electron chi connectivity index (χ0n) is 14.8. The Bertz CT molecular complexity index is 427. The number of hydrogen-bond acceptors (Lipinski definition) is 7. The third-order valence-corrected chi connectivity index (χ3v) is 4.42. The first-order valence-electron chi connectivity index (χ1n) is 8.96. The molecule has 0 saturated carbocycles. The Morgan fingerprint density at radius 1 is 0.960 bits per heavy atom. The van der Waals surface area contributed by atoms with Crippen LogP contribution in [0.2, 0.25) is 0 Å². The predicted molar refractivity (Wildman–Crippen MR) is 87.6 cm³/mol. The summed E-state index contributed by atoms with van der Waals surface area (Å²) >= 11 is 0. The number of ether oxygens (including phenoxy) is 2. The lowest BCUT2D eigenvalue weighted by Crippen LogP contribution is -2.60. The lowest BCUT2D eigenvalue weighted by Gasteiger charge is -2.38. The molecule has 0 bridgehead atoms. The second-order valence-corrected chi connectivity index (χ2v) is 6.51. The van der Waals surface area contributed by atoms with E-state index in [0.717, 1.165) is 32.1 Å². The molecule has 0 aliphatic carbocycles. The van der Waals surface area contributed by atoms with Crippen molar-refractivity contribution in [2.45, 2.75) is 89.5 Å². The van der Waals surface area contributed by atoms with Gasteiger partial charge in [0.1, 0.15) is 18.3 Å². The molecule has 1 rings (SSSR count). The van der Waals surface area contributed by atoms with Gasteiger partial charge in [0.2, 0.25) is 6.29 Å². The largest absolute Gasteiger partial charge is 0.479 e. The topological polar surface area (TPSA) is 134 Å². The lowest BCUT2D eigenvalue weighted by molar-refractivity contribution is -0.287. The monoisotopic (exact) mass is 362 g/mol. The van der Waals surface area contributed by atoms with Crippen LogP contribution in [0.3, 0.4) is 0 Å². The molecule has 0 amide bonds. The predicted octanol–water partition coefficient (Wildman–Crippen LogP) is 0.808. The smallest absolute Gasteiger partial charge is 0.335 e. The van der Waals surface area contributed by atoms with Crippen LogP contribution < -0.4 is 0 Å². The second kappa shape index (κ2) is 10.7. The maximum atomic E-state index is 12.4. The number of carbonyl (C=O) groups is 2. The molecule has 0 spiro atoms. The van der Waals surface area contributed by atoms with E-state index in [1.54, 1.807) is 0 Å². The average molecular weight is 362 g/mol. The summed E-state index contributed by atoms with van der Waals surface area (Å²) in [5.41, 5.74) is 0. The molecule has 1 fully saturated rings. The molecule has 25 heavy (non-hydrogen) atoms. The number of aliphatic carboxylic acids is 1. The molecule has 8 nitrogen and oxygen atoms in total. The van der Waals surface area contributed by atoms with Crippen molar-refractivity contribution in [2.24, 2.45) is 5.92 Å². The molecule has 5 unspecified atom stereocenters. The summed E-state index contributed by atoms with van der Waals surface area (Å²) in [6, 6.07) is 0. The minimum atomic E-state index is -1.80. The fourth-order valence-electron chi connectivity index (χ4n) is 2.91. The summed E-state index contributed by atoms with van der Waals surface area (Å²) < 4.78 is 10.1. The summed E-state index contributed by atoms with van der Waals surface area (Å²) in [7, 11) is 0. The van der Waals surface area contributed by atoms with Crippen molar-refractivity contribution < 1.29 is 39.5 Å². The standard InChI is InChI=1S/C17H30O8/c1-3-5-6-7-9-10(8-4-2)16(23)25-17-13(20)11(18)12(19)14(24-17)15(21)22/h10-14,17-20H,3-9H2,1-2H3,(H,21,22)/t10-,11?,12?,13?,14?,17?/m0/s1. The minimum absolute atomic E-state index is 0.370. The molecular formula is C17H30O8. The van der Waals surface area contributed by atoms with E-state index < -0.39 is 42.6 Å². The fourth-order valence-corrected chi connectivity index (χ4v) is 2.91. The van der Waals surface area contributed by atoms with Crippen LogP contribution >= 0.6 is 0 Å². The van der Waals surface area contributed by atoms with E-state index in [0.29, 0.717) is 12.8 Å². The van der Waals surface area contributed by atoms with Gasteiger partial charge in [0.05, 0.1) is 5.92 Å². The van der Waals surface area contributed by atoms with E-state index in [2.05, 4.69) is 6.92 Å². The fraction of sp³-hybridized carbons (Fsp3) is 0.882. The lowest BCUT2D eigenvalue weighted by atomic mass is 9.96. The summed E-state index contributed by atoms with van der Waals surface area (Å²) in [5.74, 6) is -2.47. The Kier molecular flexibility index (Phi) is 9.34. The van der Waals surface area contributed by atoms with Crippen molar-refractivity contribution in [3.63, 3.8) is 0 Å². The first-order valence-corrected chi connectivity index (χ1v) is 8.96. The van der Waals surface area contributed by atoms with E-state index in [4.69, 9.17) is 14.6 Å². The Hall–Kier alpha value is -1.22. The average Bonchev–Trinajstić information content (AvgIpc) is 2.57. The van der Waals surface area contributed by atoms with Crippen molar-refractivity contribution in [3.05, 3.63) is 0 Å². The van der Waals surface area contributed by atoms with Gasteiger partial charge in [-0.1, -0.05) is 46.0 Å². The Morgan fingerprint density at radius 2 is 1.64 bits per heavy atom. The van der Waals surface area contributed by atoms with Gasteiger partial charge in [-0.3, -0.25) is 4.79 Å². The molecule has 0 aromatic heterocycles. The van der Waals surface area contributed by atoms with Crippen LogP contribution in [0, 0.1) is 5.92 Å². The summed E-state index contributed by atoms with van der Waals surface area (Å²) in [6.45, 7) is 4.04. The molecule has 8 heteroatoms. The molecule has 0 aromatic carbocycles. The molecule has 1 aliphatic heterocycles. The highest BCUT2D eigenvalue weighted by molar-refractivity contribution is 5.74. The number of carbonyl (C=O) groups excluding carboxylic acids is 1. The van der Waals surface area contributed by atoms with Gasteiger partial charge in [0.15, 0.2) is 6.10 Å². The van der Waals surface area contributed by atoms with Crippen LogP contribution in [0.4, 0.5) is 0 Å². The van der Waals surface area contributed by atoms with Crippen LogP contribution in [0.5, 0.6) is 0 Å². The number of hydrogen-bond donors (Lipinski definition) is 4. The zero-order chi connectivity index (χ0) is 19.0. The number of esters is 1. The SMILES string of the molecule is CCCCCC[C@H](CCC)C(=O)OC1OC(C(=O)O)C(O)C(O)C1O. The molecule has 6 atom stereocenters. The second-order valence-electron chi connectivity index (χ2n) is 6.51. The number of carboxylic acid groups (broad SMARTS) is 1. The molecule has 146 valence electrons. The molecule has 1 saturated heterocycles. The van der Waals surface area contributed by atoms with Gasteiger partial charge in [-0.25, -0.2) is 4.79 Å². The minimum Gasteiger partial charge on any atom is -0.479 e. The third-order valence-electron chi connectivity index (χ3n) is 4.42. The first kappa shape index (κ1) is 21.8. The van der Waals surface area contributed by atoms with E-state index in [9.17, 15) is 24.9 Å². The number of rotatable bonds is 10. The van der Waals surface area contributed by atoms with Crippen LogP contribution in [0.25, 0.3) is 0 Å². The molecular weight excluding hydrogens is 332 g/mol. The number of aliphatic hydroxyl groups excluding tert-OH is 3. The molecule has 4 N–H and O–H groups in total. The summed E-state index contributed by atoms with van der Waals surface area (Å²) in [6.07, 6.45) is -2.59. The zero-order valence-corrected chi connectivity index (χ0v) is 14.8. The highest BCUT2D eigenvalue weighted by Crippen LogP contribution is 2.25.